The van der Waals surface area contributed by atoms with Gasteiger partial charge in [-0.15, -0.1) is 0 Å². The first-order chi connectivity index (χ1) is 13.9. The van der Waals surface area contributed by atoms with Crippen LogP contribution in [0.1, 0.15) is 22.5 Å². The molecule has 5 nitrogen and oxygen atoms in total. The molecule has 1 saturated heterocycles. The van der Waals surface area contributed by atoms with E-state index < -0.39 is 6.03 Å². The summed E-state index contributed by atoms with van der Waals surface area (Å²) in [5.74, 6) is -0.324. The summed E-state index contributed by atoms with van der Waals surface area (Å²) in [6.07, 6.45) is 1.74. The average Bonchev–Trinajstić information content (AvgIpc) is 3.13. The molecule has 3 aromatic rings. The second-order valence-corrected chi connectivity index (χ2v) is 7.44. The predicted molar refractivity (Wildman–Crippen MR) is 114 cm³/mol. The van der Waals surface area contributed by atoms with Crippen LogP contribution in [-0.4, -0.2) is 21.4 Å². The molecule has 2 heterocycles. The molecule has 3 amide bonds. The lowest BCUT2D eigenvalue weighted by Crippen LogP contribution is -2.30. The molecule has 1 aliphatic heterocycles. The summed E-state index contributed by atoms with van der Waals surface area (Å²) >= 11 is 6.00. The van der Waals surface area contributed by atoms with E-state index in [4.69, 9.17) is 11.6 Å². The zero-order valence-corrected chi connectivity index (χ0v) is 16.9. The van der Waals surface area contributed by atoms with E-state index in [1.54, 1.807) is 6.08 Å². The summed E-state index contributed by atoms with van der Waals surface area (Å²) in [6, 6.07) is 18.6. The Morgan fingerprint density at radius 1 is 1.00 bits per heavy atom. The van der Waals surface area contributed by atoms with Gasteiger partial charge in [0.25, 0.3) is 5.91 Å². The highest BCUT2D eigenvalue weighted by Crippen LogP contribution is 2.25. The highest BCUT2D eigenvalue weighted by Gasteiger charge is 2.33. The number of carbonyl (C=O) groups is 2. The number of amides is 3. The van der Waals surface area contributed by atoms with Crippen LogP contribution in [0.3, 0.4) is 0 Å². The fourth-order valence-corrected chi connectivity index (χ4v) is 3.68. The lowest BCUT2D eigenvalue weighted by molar-refractivity contribution is -0.123. The van der Waals surface area contributed by atoms with Crippen molar-refractivity contribution < 1.29 is 9.59 Å². The van der Waals surface area contributed by atoms with Crippen LogP contribution in [0.4, 0.5) is 4.79 Å². The molecule has 6 heteroatoms. The summed E-state index contributed by atoms with van der Waals surface area (Å²) in [5.41, 5.74) is 5.04. The van der Waals surface area contributed by atoms with Gasteiger partial charge in [-0.05, 0) is 61.4 Å². The summed E-state index contributed by atoms with van der Waals surface area (Å²) in [7, 11) is 0. The number of carbonyl (C=O) groups excluding carboxylic acids is 2. The largest absolute Gasteiger partial charge is 0.329 e. The van der Waals surface area contributed by atoms with E-state index in [9.17, 15) is 9.59 Å². The first kappa shape index (κ1) is 19.0. The molecule has 1 N–H and O–H groups in total. The molecule has 4 rings (SSSR count). The predicted octanol–water partition coefficient (Wildman–Crippen LogP) is 4.84. The van der Waals surface area contributed by atoms with Crippen LogP contribution < -0.4 is 5.32 Å². The Hall–Kier alpha value is -3.31. The fraction of sp³-hybridized carbons (Fsp3) is 0.130. The molecule has 0 spiro atoms. The van der Waals surface area contributed by atoms with Crippen molar-refractivity contribution in [2.24, 2.45) is 0 Å². The lowest BCUT2D eigenvalue weighted by atomic mass is 10.2. The molecule has 0 atom stereocenters. The number of hydrogen-bond acceptors (Lipinski definition) is 2. The number of nitrogens with zero attached hydrogens (tertiary/aromatic N) is 2. The first-order valence-corrected chi connectivity index (χ1v) is 9.65. The zero-order chi connectivity index (χ0) is 20.5. The summed E-state index contributed by atoms with van der Waals surface area (Å²) in [4.78, 5) is 26.3. The molecule has 2 aromatic carbocycles. The Balaban J connectivity index is 1.63. The zero-order valence-electron chi connectivity index (χ0n) is 16.1. The average molecular weight is 406 g/mol. The molecule has 0 bridgehead atoms. The molecule has 29 heavy (non-hydrogen) atoms. The molecular weight excluding hydrogens is 386 g/mol. The van der Waals surface area contributed by atoms with E-state index >= 15 is 0 Å². The Morgan fingerprint density at radius 2 is 1.69 bits per heavy atom. The van der Waals surface area contributed by atoms with Crippen molar-refractivity contribution in [3.8, 4) is 5.69 Å². The van der Waals surface area contributed by atoms with Gasteiger partial charge < -0.3 is 9.88 Å². The number of aromatic nitrogens is 1. The summed E-state index contributed by atoms with van der Waals surface area (Å²) in [5, 5.41) is 3.37. The molecule has 1 aliphatic rings. The summed E-state index contributed by atoms with van der Waals surface area (Å²) in [6.45, 7) is 4.23. The number of aryl methyl sites for hydroxylation is 1. The fourth-order valence-electron chi connectivity index (χ4n) is 3.56. The number of hydrogen-bond donors (Lipinski definition) is 1. The quantitative estimate of drug-likeness (QED) is 0.498. The molecule has 0 saturated carbocycles. The normalized spacial score (nSPS) is 15.3. The molecule has 0 radical (unpaired) electrons. The van der Waals surface area contributed by atoms with Gasteiger partial charge in [0.05, 0.1) is 6.54 Å². The number of benzene rings is 2. The van der Waals surface area contributed by atoms with Crippen molar-refractivity contribution in [3.63, 3.8) is 0 Å². The van der Waals surface area contributed by atoms with Gasteiger partial charge in [-0.25, -0.2) is 4.79 Å². The van der Waals surface area contributed by atoms with Gasteiger partial charge in [0.15, 0.2) is 0 Å². The van der Waals surface area contributed by atoms with Gasteiger partial charge in [-0.3, -0.25) is 9.69 Å². The van der Waals surface area contributed by atoms with E-state index in [0.29, 0.717) is 5.02 Å². The van der Waals surface area contributed by atoms with Crippen molar-refractivity contribution in [2.45, 2.75) is 20.4 Å². The standard InChI is InChI=1S/C23H20ClN3O2/c1-15-12-18(16(2)27(15)20-10-8-19(24)9-11-20)13-21-22(28)26(23(29)25-21)14-17-6-4-3-5-7-17/h3-13H,14H2,1-2H3,(H,25,29)/b21-13+. The minimum atomic E-state index is -0.406. The SMILES string of the molecule is Cc1cc(/C=C2/NC(=O)N(Cc3ccccc3)C2=O)c(C)n1-c1ccc(Cl)cc1. The van der Waals surface area contributed by atoms with Crippen molar-refractivity contribution in [2.75, 3.05) is 0 Å². The number of urea groups is 1. The van der Waals surface area contributed by atoms with Crippen LogP contribution in [0.15, 0.2) is 66.4 Å². The van der Waals surface area contributed by atoms with Gasteiger partial charge >= 0.3 is 6.03 Å². The first-order valence-electron chi connectivity index (χ1n) is 9.27. The van der Waals surface area contributed by atoms with E-state index in [1.807, 2.05) is 74.5 Å². The highest BCUT2D eigenvalue weighted by molar-refractivity contribution is 6.30. The Morgan fingerprint density at radius 3 is 2.38 bits per heavy atom. The Kier molecular flexibility index (Phi) is 4.99. The third-order valence-electron chi connectivity index (χ3n) is 5.00. The second kappa shape index (κ2) is 7.60. The minimum absolute atomic E-state index is 0.243. The van der Waals surface area contributed by atoms with Crippen LogP contribution in [0.25, 0.3) is 11.8 Å². The van der Waals surface area contributed by atoms with Gasteiger partial charge in [0.2, 0.25) is 0 Å². The number of imide groups is 1. The van der Waals surface area contributed by atoms with Crippen LogP contribution in [0.2, 0.25) is 5.02 Å². The number of rotatable bonds is 4. The van der Waals surface area contributed by atoms with Gasteiger partial charge in [0, 0.05) is 22.1 Å². The maximum Gasteiger partial charge on any atom is 0.329 e. The van der Waals surface area contributed by atoms with Crippen molar-refractivity contribution in [1.29, 1.82) is 0 Å². The van der Waals surface area contributed by atoms with E-state index in [0.717, 1.165) is 28.2 Å². The van der Waals surface area contributed by atoms with Gasteiger partial charge in [0.1, 0.15) is 5.70 Å². The lowest BCUT2D eigenvalue weighted by Gasteiger charge is -2.11. The van der Waals surface area contributed by atoms with E-state index in [-0.39, 0.29) is 18.1 Å². The Bertz CT molecular complexity index is 1120. The maximum absolute atomic E-state index is 12.8. The smallest absolute Gasteiger partial charge is 0.318 e. The molecule has 1 aromatic heterocycles. The Labute approximate surface area is 174 Å². The van der Waals surface area contributed by atoms with E-state index in [2.05, 4.69) is 9.88 Å². The third kappa shape index (κ3) is 3.69. The molecule has 0 unspecified atom stereocenters. The molecule has 146 valence electrons. The van der Waals surface area contributed by atoms with Gasteiger partial charge in [-0.2, -0.15) is 0 Å². The number of nitrogens with one attached hydrogen (secondary N) is 1. The highest BCUT2D eigenvalue weighted by atomic mass is 35.5. The van der Waals surface area contributed by atoms with E-state index in [1.165, 1.54) is 4.90 Å². The van der Waals surface area contributed by atoms with Crippen LogP contribution in [-0.2, 0) is 11.3 Å². The topological polar surface area (TPSA) is 54.3 Å². The van der Waals surface area contributed by atoms with Crippen molar-refractivity contribution in [3.05, 3.63) is 93.9 Å². The molecule has 1 fully saturated rings. The van der Waals surface area contributed by atoms with Gasteiger partial charge in [-0.1, -0.05) is 41.9 Å². The third-order valence-corrected chi connectivity index (χ3v) is 5.25. The monoisotopic (exact) mass is 405 g/mol. The van der Waals surface area contributed by atoms with Crippen molar-refractivity contribution >= 4 is 29.6 Å². The summed E-state index contributed by atoms with van der Waals surface area (Å²) < 4.78 is 2.09. The molecular formula is C23H20ClN3O2. The molecule has 0 aliphatic carbocycles. The van der Waals surface area contributed by atoms with Crippen LogP contribution in [0.5, 0.6) is 0 Å². The maximum atomic E-state index is 12.8. The van der Waals surface area contributed by atoms with Crippen molar-refractivity contribution in [1.82, 2.24) is 14.8 Å². The number of halogens is 1. The second-order valence-electron chi connectivity index (χ2n) is 7.00. The van der Waals surface area contributed by atoms with Crippen LogP contribution >= 0.6 is 11.6 Å². The van der Waals surface area contributed by atoms with Crippen LogP contribution in [0, 0.1) is 13.8 Å². The minimum Gasteiger partial charge on any atom is -0.318 e.